The van der Waals surface area contributed by atoms with Gasteiger partial charge in [0.15, 0.2) is 5.96 Å². The zero-order chi connectivity index (χ0) is 19.9. The van der Waals surface area contributed by atoms with Crippen LogP contribution in [0.5, 0.6) is 0 Å². The normalized spacial score (nSPS) is 16.8. The highest BCUT2D eigenvalue weighted by atomic mass is 127. The lowest BCUT2D eigenvalue weighted by Crippen LogP contribution is -2.48. The molecule has 0 aromatic heterocycles. The highest BCUT2D eigenvalue weighted by Gasteiger charge is 2.25. The molecule has 1 aliphatic heterocycles. The second kappa shape index (κ2) is 11.2. The van der Waals surface area contributed by atoms with Crippen LogP contribution in [0.15, 0.2) is 53.5 Å². The number of aliphatic imine (C=N–C) groups is 1. The largest absolute Gasteiger partial charge is 0.370 e. The van der Waals surface area contributed by atoms with Gasteiger partial charge in [-0.15, -0.1) is 24.0 Å². The molecule has 29 heavy (non-hydrogen) atoms. The Balaban J connectivity index is 0.00000300. The maximum Gasteiger partial charge on any atom is 0.248 e. The monoisotopic (exact) mass is 508 g/mol. The van der Waals surface area contributed by atoms with Crippen LogP contribution in [0.3, 0.4) is 0 Å². The summed E-state index contributed by atoms with van der Waals surface area (Å²) in [6.07, 6.45) is 0.0250. The third kappa shape index (κ3) is 6.17. The number of rotatable bonds is 5. The van der Waals surface area contributed by atoms with Gasteiger partial charge in [0, 0.05) is 18.7 Å². The molecule has 1 aliphatic rings. The molecule has 2 aromatic rings. The number of benzene rings is 2. The summed E-state index contributed by atoms with van der Waals surface area (Å²) < 4.78 is 6.03. The van der Waals surface area contributed by atoms with Gasteiger partial charge in [-0.1, -0.05) is 36.4 Å². The molecule has 1 unspecified atom stereocenters. The summed E-state index contributed by atoms with van der Waals surface area (Å²) in [6, 6.07) is 15.6. The SMILES string of the molecule is CCNC(=NCc1cccc(C(N)=O)c1)N1CCOC(c2ccccc2C)C1.I. The molecular formula is C22H29IN4O2. The van der Waals surface area contributed by atoms with Gasteiger partial charge in [-0.3, -0.25) is 4.79 Å². The molecule has 3 rings (SSSR count). The molecule has 1 fully saturated rings. The number of guanidine groups is 1. The van der Waals surface area contributed by atoms with Gasteiger partial charge in [-0.25, -0.2) is 4.99 Å². The van der Waals surface area contributed by atoms with Crippen LogP contribution in [-0.4, -0.2) is 43.0 Å². The van der Waals surface area contributed by atoms with Gasteiger partial charge < -0.3 is 20.7 Å². The van der Waals surface area contributed by atoms with Crippen molar-refractivity contribution in [2.24, 2.45) is 10.7 Å². The predicted octanol–water partition coefficient (Wildman–Crippen LogP) is 3.25. The second-order valence-corrected chi connectivity index (χ2v) is 6.90. The Morgan fingerprint density at radius 3 is 2.79 bits per heavy atom. The van der Waals surface area contributed by atoms with Gasteiger partial charge in [0.05, 0.1) is 19.7 Å². The fraction of sp³-hybridized carbons (Fsp3) is 0.364. The van der Waals surface area contributed by atoms with Crippen molar-refractivity contribution >= 4 is 35.8 Å². The summed E-state index contributed by atoms with van der Waals surface area (Å²) in [7, 11) is 0. The van der Waals surface area contributed by atoms with Crippen molar-refractivity contribution < 1.29 is 9.53 Å². The van der Waals surface area contributed by atoms with Gasteiger partial charge in [0.25, 0.3) is 0 Å². The Morgan fingerprint density at radius 2 is 2.07 bits per heavy atom. The van der Waals surface area contributed by atoms with E-state index in [4.69, 9.17) is 15.5 Å². The Kier molecular flexibility index (Phi) is 8.91. The van der Waals surface area contributed by atoms with Crippen molar-refractivity contribution in [1.82, 2.24) is 10.2 Å². The van der Waals surface area contributed by atoms with E-state index in [0.29, 0.717) is 18.7 Å². The summed E-state index contributed by atoms with van der Waals surface area (Å²) in [5.74, 6) is 0.431. The first-order valence-electron chi connectivity index (χ1n) is 9.67. The highest BCUT2D eigenvalue weighted by Crippen LogP contribution is 2.25. The van der Waals surface area contributed by atoms with E-state index < -0.39 is 5.91 Å². The lowest BCUT2D eigenvalue weighted by Gasteiger charge is -2.35. The van der Waals surface area contributed by atoms with E-state index in [-0.39, 0.29) is 30.1 Å². The average Bonchev–Trinajstić information content (AvgIpc) is 2.72. The minimum absolute atomic E-state index is 0. The maximum absolute atomic E-state index is 11.4. The van der Waals surface area contributed by atoms with Gasteiger partial charge in [-0.2, -0.15) is 0 Å². The number of amides is 1. The van der Waals surface area contributed by atoms with Crippen molar-refractivity contribution in [3.05, 3.63) is 70.8 Å². The molecule has 0 aliphatic carbocycles. The third-order valence-electron chi connectivity index (χ3n) is 4.86. The van der Waals surface area contributed by atoms with Crippen LogP contribution in [0, 0.1) is 6.92 Å². The lowest BCUT2D eigenvalue weighted by atomic mass is 10.0. The summed E-state index contributed by atoms with van der Waals surface area (Å²) in [5, 5.41) is 3.38. The molecule has 1 amide bonds. The van der Waals surface area contributed by atoms with Gasteiger partial charge >= 0.3 is 0 Å². The summed E-state index contributed by atoms with van der Waals surface area (Å²) in [6.45, 7) is 7.63. The molecule has 6 nitrogen and oxygen atoms in total. The number of ether oxygens (including phenoxy) is 1. The Labute approximate surface area is 189 Å². The van der Waals surface area contributed by atoms with E-state index >= 15 is 0 Å². The molecular weight excluding hydrogens is 479 g/mol. The molecule has 3 N–H and O–H groups in total. The molecule has 0 bridgehead atoms. The van der Waals surface area contributed by atoms with Crippen molar-refractivity contribution in [2.75, 3.05) is 26.2 Å². The maximum atomic E-state index is 11.4. The number of hydrogen-bond acceptors (Lipinski definition) is 3. The first-order chi connectivity index (χ1) is 13.6. The van der Waals surface area contributed by atoms with Crippen LogP contribution < -0.4 is 11.1 Å². The Bertz CT molecular complexity index is 856. The number of morpholine rings is 1. The van der Waals surface area contributed by atoms with Crippen LogP contribution in [-0.2, 0) is 11.3 Å². The standard InChI is InChI=1S/C22H28N4O2.HI/c1-3-24-22(25-14-17-8-6-9-18(13-17)21(23)27)26-11-12-28-20(15-26)19-10-5-4-7-16(19)2;/h4-10,13,20H,3,11-12,14-15H2,1-2H3,(H2,23,27)(H,24,25);1H. The van der Waals surface area contributed by atoms with E-state index in [0.717, 1.165) is 31.2 Å². The number of primary amides is 1. The zero-order valence-corrected chi connectivity index (χ0v) is 19.3. The minimum atomic E-state index is -0.424. The number of aryl methyl sites for hydroxylation is 1. The molecule has 2 aromatic carbocycles. The first-order valence-corrected chi connectivity index (χ1v) is 9.67. The third-order valence-corrected chi connectivity index (χ3v) is 4.86. The molecule has 0 spiro atoms. The quantitative estimate of drug-likeness (QED) is 0.369. The fourth-order valence-corrected chi connectivity index (χ4v) is 3.39. The van der Waals surface area contributed by atoms with E-state index in [9.17, 15) is 4.79 Å². The molecule has 156 valence electrons. The van der Waals surface area contributed by atoms with Crippen LogP contribution in [0.4, 0.5) is 0 Å². The zero-order valence-electron chi connectivity index (χ0n) is 16.9. The number of nitrogens with one attached hydrogen (secondary N) is 1. The minimum Gasteiger partial charge on any atom is -0.370 e. The highest BCUT2D eigenvalue weighted by molar-refractivity contribution is 14.0. The van der Waals surface area contributed by atoms with Crippen LogP contribution in [0.1, 0.15) is 40.1 Å². The lowest BCUT2D eigenvalue weighted by molar-refractivity contribution is -0.00834. The number of nitrogens with zero attached hydrogens (tertiary/aromatic N) is 2. The topological polar surface area (TPSA) is 79.9 Å². The van der Waals surface area contributed by atoms with Crippen molar-refractivity contribution in [3.8, 4) is 0 Å². The summed E-state index contributed by atoms with van der Waals surface area (Å²) in [5.41, 5.74) is 9.29. The Hall–Kier alpha value is -2.13. The van der Waals surface area contributed by atoms with Crippen LogP contribution >= 0.6 is 24.0 Å². The molecule has 1 atom stereocenters. The van der Waals surface area contributed by atoms with Gasteiger partial charge in [0.2, 0.25) is 5.91 Å². The van der Waals surface area contributed by atoms with Gasteiger partial charge in [0.1, 0.15) is 6.10 Å². The second-order valence-electron chi connectivity index (χ2n) is 6.90. The van der Waals surface area contributed by atoms with Crippen LogP contribution in [0.2, 0.25) is 0 Å². The number of carbonyl (C=O) groups excluding carboxylic acids is 1. The Morgan fingerprint density at radius 1 is 1.28 bits per heavy atom. The van der Waals surface area contributed by atoms with E-state index in [2.05, 4.69) is 42.3 Å². The van der Waals surface area contributed by atoms with Crippen molar-refractivity contribution in [1.29, 1.82) is 0 Å². The van der Waals surface area contributed by atoms with Gasteiger partial charge in [-0.05, 0) is 42.7 Å². The molecule has 1 saturated heterocycles. The first kappa shape index (κ1) is 23.2. The molecule has 0 saturated carbocycles. The summed E-state index contributed by atoms with van der Waals surface area (Å²) >= 11 is 0. The van der Waals surface area contributed by atoms with E-state index in [1.54, 1.807) is 12.1 Å². The van der Waals surface area contributed by atoms with Crippen molar-refractivity contribution in [2.45, 2.75) is 26.5 Å². The molecule has 7 heteroatoms. The predicted molar refractivity (Wildman–Crippen MR) is 127 cm³/mol. The molecule has 0 radical (unpaired) electrons. The summed E-state index contributed by atoms with van der Waals surface area (Å²) in [4.78, 5) is 18.4. The number of carbonyl (C=O) groups is 1. The number of hydrogen-bond donors (Lipinski definition) is 2. The average molecular weight is 508 g/mol. The number of halogens is 1. The fourth-order valence-electron chi connectivity index (χ4n) is 3.39. The van der Waals surface area contributed by atoms with Crippen LogP contribution in [0.25, 0.3) is 0 Å². The smallest absolute Gasteiger partial charge is 0.248 e. The van der Waals surface area contributed by atoms with E-state index in [1.165, 1.54) is 11.1 Å². The van der Waals surface area contributed by atoms with Crippen molar-refractivity contribution in [3.63, 3.8) is 0 Å². The van der Waals surface area contributed by atoms with E-state index in [1.807, 2.05) is 18.2 Å². The molecule has 1 heterocycles. The number of nitrogens with two attached hydrogens (primary N) is 1.